The quantitative estimate of drug-likeness (QED) is 0.517. The van der Waals surface area contributed by atoms with E-state index in [0.717, 1.165) is 22.1 Å². The molecule has 0 radical (unpaired) electrons. The third-order valence-electron chi connectivity index (χ3n) is 4.14. The molecule has 0 aliphatic rings. The van der Waals surface area contributed by atoms with Crippen molar-refractivity contribution in [3.8, 4) is 11.1 Å². The lowest BCUT2D eigenvalue weighted by atomic mass is 10.0. The number of nitrogens with one attached hydrogen (secondary N) is 1. The van der Waals surface area contributed by atoms with Crippen molar-refractivity contribution in [3.63, 3.8) is 0 Å². The zero-order valence-electron chi connectivity index (χ0n) is 13.0. The van der Waals surface area contributed by atoms with Gasteiger partial charge < -0.3 is 10.2 Å². The topological polar surface area (TPSA) is 63.0 Å². The molecule has 3 aromatic carbocycles. The summed E-state index contributed by atoms with van der Waals surface area (Å²) in [5.41, 5.74) is 10.7. The SMILES string of the molecule is N=C(c1ccc(-c2ccccc2)cc1)c1oc2ccccc2c1N. The summed E-state index contributed by atoms with van der Waals surface area (Å²) in [4.78, 5) is 0. The molecule has 0 amide bonds. The van der Waals surface area contributed by atoms with E-state index < -0.39 is 0 Å². The van der Waals surface area contributed by atoms with Crippen molar-refractivity contribution in [3.05, 3.63) is 90.2 Å². The lowest BCUT2D eigenvalue weighted by molar-refractivity contribution is 0.606. The molecule has 1 aromatic heterocycles. The minimum absolute atomic E-state index is 0.295. The largest absolute Gasteiger partial charge is 0.452 e. The Labute approximate surface area is 139 Å². The first kappa shape index (κ1) is 14.3. The molecule has 24 heavy (non-hydrogen) atoms. The molecule has 116 valence electrons. The van der Waals surface area contributed by atoms with Gasteiger partial charge in [-0.3, -0.25) is 5.41 Å². The van der Waals surface area contributed by atoms with Gasteiger partial charge in [-0.2, -0.15) is 0 Å². The third kappa shape index (κ3) is 2.36. The van der Waals surface area contributed by atoms with Crippen LogP contribution in [0.3, 0.4) is 0 Å². The highest BCUT2D eigenvalue weighted by Crippen LogP contribution is 2.30. The van der Waals surface area contributed by atoms with Crippen LogP contribution in [0.25, 0.3) is 22.1 Å². The minimum atomic E-state index is 0.295. The van der Waals surface area contributed by atoms with Gasteiger partial charge in [0, 0.05) is 10.9 Å². The van der Waals surface area contributed by atoms with Gasteiger partial charge >= 0.3 is 0 Å². The Morgan fingerprint density at radius 2 is 1.38 bits per heavy atom. The van der Waals surface area contributed by atoms with Crippen LogP contribution < -0.4 is 5.73 Å². The van der Waals surface area contributed by atoms with Gasteiger partial charge in [0.1, 0.15) is 11.3 Å². The molecule has 0 saturated heterocycles. The van der Waals surface area contributed by atoms with Crippen LogP contribution in [-0.4, -0.2) is 5.71 Å². The van der Waals surface area contributed by atoms with E-state index in [0.29, 0.717) is 22.7 Å². The number of benzene rings is 3. The second-order valence-electron chi connectivity index (χ2n) is 5.66. The van der Waals surface area contributed by atoms with Crippen LogP contribution in [0.2, 0.25) is 0 Å². The van der Waals surface area contributed by atoms with Gasteiger partial charge in [-0.05, 0) is 23.3 Å². The molecule has 0 fully saturated rings. The summed E-state index contributed by atoms with van der Waals surface area (Å²) in [7, 11) is 0. The highest BCUT2D eigenvalue weighted by molar-refractivity contribution is 6.15. The average molecular weight is 312 g/mol. The second-order valence-corrected chi connectivity index (χ2v) is 5.66. The maximum absolute atomic E-state index is 8.45. The van der Waals surface area contributed by atoms with Crippen LogP contribution in [0.4, 0.5) is 5.69 Å². The van der Waals surface area contributed by atoms with Crippen LogP contribution in [0.5, 0.6) is 0 Å². The molecule has 0 spiro atoms. The normalized spacial score (nSPS) is 10.8. The number of nitrogens with two attached hydrogens (primary N) is 1. The van der Waals surface area contributed by atoms with Crippen molar-refractivity contribution < 1.29 is 4.42 Å². The van der Waals surface area contributed by atoms with Crippen LogP contribution in [0.15, 0.2) is 83.3 Å². The fourth-order valence-corrected chi connectivity index (χ4v) is 2.84. The van der Waals surface area contributed by atoms with Gasteiger partial charge in [0.25, 0.3) is 0 Å². The van der Waals surface area contributed by atoms with Crippen molar-refractivity contribution in [1.29, 1.82) is 5.41 Å². The van der Waals surface area contributed by atoms with Crippen LogP contribution in [0.1, 0.15) is 11.3 Å². The molecule has 0 aliphatic heterocycles. The molecule has 4 aromatic rings. The molecule has 3 heteroatoms. The lowest BCUT2D eigenvalue weighted by Crippen LogP contribution is -2.03. The summed E-state index contributed by atoms with van der Waals surface area (Å²) in [6.07, 6.45) is 0. The van der Waals surface area contributed by atoms with Gasteiger partial charge in [-0.15, -0.1) is 0 Å². The Kier molecular flexibility index (Phi) is 3.39. The number of fused-ring (bicyclic) bond motifs is 1. The first-order chi connectivity index (χ1) is 11.7. The zero-order valence-corrected chi connectivity index (χ0v) is 13.0. The maximum Gasteiger partial charge on any atom is 0.176 e. The molecule has 1 heterocycles. The highest BCUT2D eigenvalue weighted by Gasteiger charge is 2.16. The Morgan fingerprint density at radius 3 is 2.08 bits per heavy atom. The molecular formula is C21H16N2O. The van der Waals surface area contributed by atoms with E-state index >= 15 is 0 Å². The standard InChI is InChI=1S/C21H16N2O/c22-19(21-20(23)17-8-4-5-9-18(17)24-21)16-12-10-15(11-13-16)14-6-2-1-3-7-14/h1-13,22H,23H2. The Balaban J connectivity index is 1.70. The molecule has 0 aliphatic carbocycles. The number of rotatable bonds is 3. The van der Waals surface area contributed by atoms with Crippen molar-refractivity contribution in [1.82, 2.24) is 0 Å². The van der Waals surface area contributed by atoms with Crippen molar-refractivity contribution in [2.45, 2.75) is 0 Å². The summed E-state index contributed by atoms with van der Waals surface area (Å²) in [6, 6.07) is 25.6. The average Bonchev–Trinajstić information content (AvgIpc) is 2.99. The molecular weight excluding hydrogens is 296 g/mol. The number of hydrogen-bond acceptors (Lipinski definition) is 3. The lowest BCUT2D eigenvalue weighted by Gasteiger charge is -2.05. The molecule has 4 rings (SSSR count). The van der Waals surface area contributed by atoms with Gasteiger partial charge in [0.15, 0.2) is 5.76 Å². The van der Waals surface area contributed by atoms with Crippen LogP contribution >= 0.6 is 0 Å². The number of furan rings is 1. The van der Waals surface area contributed by atoms with E-state index in [1.54, 1.807) is 0 Å². The summed E-state index contributed by atoms with van der Waals surface area (Å²) in [6.45, 7) is 0. The fourth-order valence-electron chi connectivity index (χ4n) is 2.84. The van der Waals surface area contributed by atoms with E-state index in [9.17, 15) is 0 Å². The third-order valence-corrected chi connectivity index (χ3v) is 4.14. The molecule has 3 N–H and O–H groups in total. The molecule has 0 saturated carbocycles. The summed E-state index contributed by atoms with van der Waals surface area (Å²) in [5.74, 6) is 0.420. The molecule has 0 atom stereocenters. The summed E-state index contributed by atoms with van der Waals surface area (Å²) < 4.78 is 5.78. The highest BCUT2D eigenvalue weighted by atomic mass is 16.3. The van der Waals surface area contributed by atoms with Gasteiger partial charge in [0.2, 0.25) is 0 Å². The summed E-state index contributed by atoms with van der Waals surface area (Å²) in [5, 5.41) is 9.29. The molecule has 3 nitrogen and oxygen atoms in total. The van der Waals surface area contributed by atoms with Crippen LogP contribution in [0, 0.1) is 5.41 Å². The monoisotopic (exact) mass is 312 g/mol. The summed E-state index contributed by atoms with van der Waals surface area (Å²) >= 11 is 0. The Hall–Kier alpha value is -3.33. The van der Waals surface area contributed by atoms with Crippen LogP contribution in [-0.2, 0) is 0 Å². The van der Waals surface area contributed by atoms with E-state index in [4.69, 9.17) is 15.6 Å². The van der Waals surface area contributed by atoms with Gasteiger partial charge in [-0.1, -0.05) is 66.7 Å². The number of hydrogen-bond donors (Lipinski definition) is 2. The number of para-hydroxylation sites is 1. The van der Waals surface area contributed by atoms with Crippen molar-refractivity contribution in [2.75, 3.05) is 5.73 Å². The Morgan fingerprint density at radius 1 is 0.750 bits per heavy atom. The van der Waals surface area contributed by atoms with E-state index in [2.05, 4.69) is 12.1 Å². The Bertz CT molecular complexity index is 1010. The van der Waals surface area contributed by atoms with E-state index in [1.165, 1.54) is 0 Å². The van der Waals surface area contributed by atoms with E-state index in [-0.39, 0.29) is 0 Å². The van der Waals surface area contributed by atoms with Gasteiger partial charge in [0.05, 0.1) is 5.69 Å². The first-order valence-electron chi connectivity index (χ1n) is 7.76. The number of anilines is 1. The zero-order chi connectivity index (χ0) is 16.5. The van der Waals surface area contributed by atoms with Crippen molar-refractivity contribution >= 4 is 22.4 Å². The predicted molar refractivity (Wildman–Crippen MR) is 98.4 cm³/mol. The smallest absolute Gasteiger partial charge is 0.176 e. The fraction of sp³-hybridized carbons (Fsp3) is 0. The number of nitrogen functional groups attached to an aromatic ring is 1. The maximum atomic E-state index is 8.45. The minimum Gasteiger partial charge on any atom is -0.452 e. The molecule has 0 bridgehead atoms. The first-order valence-corrected chi connectivity index (χ1v) is 7.76. The van der Waals surface area contributed by atoms with E-state index in [1.807, 2.05) is 66.7 Å². The predicted octanol–water partition coefficient (Wildman–Crippen LogP) is 5.10. The van der Waals surface area contributed by atoms with Gasteiger partial charge in [-0.25, -0.2) is 0 Å². The molecule has 0 unspecified atom stereocenters. The van der Waals surface area contributed by atoms with Crippen molar-refractivity contribution in [2.24, 2.45) is 0 Å². The second kappa shape index (κ2) is 5.70.